The van der Waals surface area contributed by atoms with Crippen LogP contribution in [-0.2, 0) is 20.0 Å². The molecule has 0 aliphatic heterocycles. The van der Waals surface area contributed by atoms with Crippen LogP contribution < -0.4 is 5.32 Å². The Bertz CT molecular complexity index is 652. The molecule has 0 spiro atoms. The zero-order chi connectivity index (χ0) is 15.7. The predicted octanol–water partition coefficient (Wildman–Crippen LogP) is 3.29. The summed E-state index contributed by atoms with van der Waals surface area (Å²) in [7, 11) is 1.62. The molecule has 8 heteroatoms. The first-order valence-corrected chi connectivity index (χ1v) is 6.13. The summed E-state index contributed by atoms with van der Waals surface area (Å²) >= 11 is 0. The molecule has 114 valence electrons. The summed E-state index contributed by atoms with van der Waals surface area (Å²) in [6, 6.07) is 1.68. The average molecular weight is 305 g/mol. The first kappa shape index (κ1) is 15.3. The molecule has 1 N–H and O–H groups in total. The summed E-state index contributed by atoms with van der Waals surface area (Å²) in [5.74, 6) is -9.90. The van der Waals surface area contributed by atoms with Gasteiger partial charge < -0.3 is 5.32 Å². The van der Waals surface area contributed by atoms with E-state index in [2.05, 4.69) is 10.4 Å². The Hall–Kier alpha value is -2.12. The number of rotatable bonds is 4. The van der Waals surface area contributed by atoms with Gasteiger partial charge in [-0.25, -0.2) is 22.0 Å². The maximum atomic E-state index is 13.5. The summed E-state index contributed by atoms with van der Waals surface area (Å²) < 4.78 is 67.4. The minimum Gasteiger partial charge on any atom is -0.374 e. The Kier molecular flexibility index (Phi) is 4.15. The molecule has 0 aliphatic rings. The zero-order valence-electron chi connectivity index (χ0n) is 11.3. The molecule has 0 radical (unpaired) electrons. The van der Waals surface area contributed by atoms with Crippen LogP contribution in [0.2, 0.25) is 0 Å². The first-order chi connectivity index (χ1) is 9.86. The van der Waals surface area contributed by atoms with Gasteiger partial charge in [-0.3, -0.25) is 4.68 Å². The van der Waals surface area contributed by atoms with Crippen molar-refractivity contribution in [2.45, 2.75) is 19.9 Å². The van der Waals surface area contributed by atoms with Gasteiger partial charge in [0.15, 0.2) is 23.3 Å². The van der Waals surface area contributed by atoms with Crippen LogP contribution in [0.5, 0.6) is 0 Å². The fourth-order valence-electron chi connectivity index (χ4n) is 1.85. The SMILES string of the molecule is CCc1cc(CNc2c(F)c(F)c(F)c(F)c2F)n(C)n1. The molecule has 0 amide bonds. The van der Waals surface area contributed by atoms with Gasteiger partial charge >= 0.3 is 0 Å². The van der Waals surface area contributed by atoms with E-state index in [1.54, 1.807) is 13.1 Å². The van der Waals surface area contributed by atoms with Crippen LogP contribution in [0.1, 0.15) is 18.3 Å². The van der Waals surface area contributed by atoms with Crippen molar-refractivity contribution in [3.8, 4) is 0 Å². The van der Waals surface area contributed by atoms with Crippen LogP contribution in [0.4, 0.5) is 27.6 Å². The molecule has 0 unspecified atom stereocenters. The van der Waals surface area contributed by atoms with E-state index in [1.807, 2.05) is 6.92 Å². The molecule has 0 fully saturated rings. The van der Waals surface area contributed by atoms with Crippen molar-refractivity contribution in [3.05, 3.63) is 46.5 Å². The van der Waals surface area contributed by atoms with E-state index in [-0.39, 0.29) is 6.54 Å². The number of nitrogens with zero attached hydrogens (tertiary/aromatic N) is 2. The minimum atomic E-state index is -2.18. The lowest BCUT2D eigenvalue weighted by molar-refractivity contribution is 0.381. The second-order valence-electron chi connectivity index (χ2n) is 4.40. The zero-order valence-corrected chi connectivity index (χ0v) is 11.3. The third-order valence-electron chi connectivity index (χ3n) is 3.05. The van der Waals surface area contributed by atoms with Crippen LogP contribution in [-0.4, -0.2) is 9.78 Å². The van der Waals surface area contributed by atoms with Gasteiger partial charge in [-0.05, 0) is 12.5 Å². The molecular formula is C13H12F5N3. The fraction of sp³-hybridized carbons (Fsp3) is 0.308. The number of aryl methyl sites for hydroxylation is 2. The highest BCUT2D eigenvalue weighted by Gasteiger charge is 2.25. The Morgan fingerprint density at radius 1 is 1.00 bits per heavy atom. The molecule has 21 heavy (non-hydrogen) atoms. The van der Waals surface area contributed by atoms with Gasteiger partial charge in [0.25, 0.3) is 0 Å². The van der Waals surface area contributed by atoms with Crippen LogP contribution in [0.25, 0.3) is 0 Å². The molecule has 1 aromatic heterocycles. The van der Waals surface area contributed by atoms with Gasteiger partial charge in [0.1, 0.15) is 5.69 Å². The highest BCUT2D eigenvalue weighted by atomic mass is 19.2. The number of halogens is 5. The van der Waals surface area contributed by atoms with E-state index >= 15 is 0 Å². The summed E-state index contributed by atoms with van der Waals surface area (Å²) in [6.07, 6.45) is 0.663. The minimum absolute atomic E-state index is 0.123. The standard InChI is InChI=1S/C13H12F5N3/c1-3-6-4-7(21(2)20-6)5-19-13-11(17)9(15)8(14)10(16)12(13)18/h4,19H,3,5H2,1-2H3. The molecule has 1 aromatic carbocycles. The van der Waals surface area contributed by atoms with Gasteiger partial charge in [0.05, 0.1) is 17.9 Å². The van der Waals surface area contributed by atoms with Gasteiger partial charge in [0, 0.05) is 7.05 Å². The molecule has 0 saturated heterocycles. The fourth-order valence-corrected chi connectivity index (χ4v) is 1.85. The Balaban J connectivity index is 2.30. The second-order valence-corrected chi connectivity index (χ2v) is 4.40. The van der Waals surface area contributed by atoms with Crippen molar-refractivity contribution >= 4 is 5.69 Å². The van der Waals surface area contributed by atoms with E-state index in [9.17, 15) is 22.0 Å². The van der Waals surface area contributed by atoms with Crippen LogP contribution in [0.15, 0.2) is 6.07 Å². The van der Waals surface area contributed by atoms with Crippen molar-refractivity contribution in [2.24, 2.45) is 7.05 Å². The second kappa shape index (κ2) is 5.71. The van der Waals surface area contributed by atoms with Crippen molar-refractivity contribution in [1.82, 2.24) is 9.78 Å². The molecule has 0 atom stereocenters. The number of nitrogens with one attached hydrogen (secondary N) is 1. The Morgan fingerprint density at radius 2 is 1.52 bits per heavy atom. The highest BCUT2D eigenvalue weighted by molar-refractivity contribution is 5.48. The van der Waals surface area contributed by atoms with Gasteiger partial charge in [0.2, 0.25) is 5.82 Å². The largest absolute Gasteiger partial charge is 0.374 e. The summed E-state index contributed by atoms with van der Waals surface area (Å²) in [5, 5.41) is 6.34. The topological polar surface area (TPSA) is 29.9 Å². The lowest BCUT2D eigenvalue weighted by Gasteiger charge is -2.10. The number of benzene rings is 1. The van der Waals surface area contributed by atoms with E-state index in [1.165, 1.54) is 4.68 Å². The van der Waals surface area contributed by atoms with E-state index in [0.717, 1.165) is 5.69 Å². The van der Waals surface area contributed by atoms with E-state index < -0.39 is 34.8 Å². The third-order valence-corrected chi connectivity index (χ3v) is 3.05. The normalized spacial score (nSPS) is 11.0. The first-order valence-electron chi connectivity index (χ1n) is 6.13. The molecule has 1 heterocycles. The number of aromatic nitrogens is 2. The predicted molar refractivity (Wildman–Crippen MR) is 66.1 cm³/mol. The monoisotopic (exact) mass is 305 g/mol. The van der Waals surface area contributed by atoms with E-state index in [4.69, 9.17) is 0 Å². The summed E-state index contributed by atoms with van der Waals surface area (Å²) in [5.41, 5.74) is 0.258. The van der Waals surface area contributed by atoms with Crippen LogP contribution >= 0.6 is 0 Å². The maximum absolute atomic E-state index is 13.5. The number of hydrogen-bond donors (Lipinski definition) is 1. The van der Waals surface area contributed by atoms with Gasteiger partial charge in [-0.1, -0.05) is 6.92 Å². The lowest BCUT2D eigenvalue weighted by atomic mass is 10.2. The van der Waals surface area contributed by atoms with Crippen LogP contribution in [0, 0.1) is 29.1 Å². The van der Waals surface area contributed by atoms with Gasteiger partial charge in [-0.15, -0.1) is 0 Å². The average Bonchev–Trinajstić information content (AvgIpc) is 2.83. The molecule has 2 aromatic rings. The summed E-state index contributed by atoms with van der Waals surface area (Å²) in [6.45, 7) is 1.76. The Labute approximate surface area is 117 Å². The lowest BCUT2D eigenvalue weighted by Crippen LogP contribution is -2.11. The highest BCUT2D eigenvalue weighted by Crippen LogP contribution is 2.27. The molecule has 0 saturated carbocycles. The van der Waals surface area contributed by atoms with E-state index in [0.29, 0.717) is 12.1 Å². The number of anilines is 1. The van der Waals surface area contributed by atoms with Crippen LogP contribution in [0.3, 0.4) is 0 Å². The van der Waals surface area contributed by atoms with Crippen molar-refractivity contribution in [3.63, 3.8) is 0 Å². The molecule has 3 nitrogen and oxygen atoms in total. The van der Waals surface area contributed by atoms with Gasteiger partial charge in [-0.2, -0.15) is 5.10 Å². The van der Waals surface area contributed by atoms with Crippen molar-refractivity contribution in [1.29, 1.82) is 0 Å². The number of hydrogen-bond acceptors (Lipinski definition) is 2. The summed E-state index contributed by atoms with van der Waals surface area (Å²) in [4.78, 5) is 0. The third kappa shape index (κ3) is 2.70. The smallest absolute Gasteiger partial charge is 0.200 e. The molecule has 0 bridgehead atoms. The molecule has 2 rings (SSSR count). The maximum Gasteiger partial charge on any atom is 0.200 e. The Morgan fingerprint density at radius 3 is 2.00 bits per heavy atom. The quantitative estimate of drug-likeness (QED) is 0.534. The van der Waals surface area contributed by atoms with Crippen molar-refractivity contribution < 1.29 is 22.0 Å². The van der Waals surface area contributed by atoms with Crippen molar-refractivity contribution in [2.75, 3.05) is 5.32 Å². The molecule has 0 aliphatic carbocycles. The molecular weight excluding hydrogens is 293 g/mol.